The predicted octanol–water partition coefficient (Wildman–Crippen LogP) is 1.90. The highest BCUT2D eigenvalue weighted by Crippen LogP contribution is 2.39. The molecule has 0 aromatic carbocycles. The van der Waals surface area contributed by atoms with Crippen LogP contribution in [0.2, 0.25) is 0 Å². The minimum absolute atomic E-state index is 0.0351. The van der Waals surface area contributed by atoms with Gasteiger partial charge in [-0.25, -0.2) is 9.50 Å². The first kappa shape index (κ1) is 16.7. The molecule has 0 unspecified atom stereocenters. The van der Waals surface area contributed by atoms with Crippen LogP contribution in [0.4, 0.5) is 0 Å². The molecule has 7 nitrogen and oxygen atoms in total. The van der Waals surface area contributed by atoms with Crippen molar-refractivity contribution >= 4 is 11.6 Å². The molecule has 4 atom stereocenters. The van der Waals surface area contributed by atoms with Crippen LogP contribution in [0.1, 0.15) is 49.2 Å². The van der Waals surface area contributed by atoms with E-state index in [1.54, 1.807) is 0 Å². The van der Waals surface area contributed by atoms with E-state index < -0.39 is 0 Å². The molecule has 2 fully saturated rings. The van der Waals surface area contributed by atoms with Crippen LogP contribution in [-0.4, -0.2) is 44.2 Å². The molecule has 5 rings (SSSR count). The van der Waals surface area contributed by atoms with Crippen LogP contribution in [0, 0.1) is 12.8 Å². The maximum atomic E-state index is 13.2. The van der Waals surface area contributed by atoms with E-state index in [1.807, 2.05) is 30.9 Å². The zero-order chi connectivity index (χ0) is 18.7. The summed E-state index contributed by atoms with van der Waals surface area (Å²) in [4.78, 5) is 32.4. The molecule has 2 aromatic heterocycles. The predicted molar refractivity (Wildman–Crippen MR) is 99.5 cm³/mol. The summed E-state index contributed by atoms with van der Waals surface area (Å²) in [7, 11) is 0. The third-order valence-corrected chi connectivity index (χ3v) is 6.23. The van der Waals surface area contributed by atoms with E-state index in [9.17, 15) is 9.59 Å². The summed E-state index contributed by atoms with van der Waals surface area (Å²) >= 11 is 0. The zero-order valence-electron chi connectivity index (χ0n) is 15.6. The number of likely N-dealkylation sites (tertiary alicyclic amines) is 1. The van der Waals surface area contributed by atoms with Crippen molar-refractivity contribution in [2.75, 3.05) is 6.54 Å². The molecule has 1 amide bonds. The number of H-pyrrole nitrogens is 1. The van der Waals surface area contributed by atoms with Gasteiger partial charge in [0, 0.05) is 23.9 Å². The van der Waals surface area contributed by atoms with E-state index in [1.165, 1.54) is 4.52 Å². The van der Waals surface area contributed by atoms with Gasteiger partial charge in [-0.3, -0.25) is 14.7 Å². The molecule has 142 valence electrons. The average molecular weight is 368 g/mol. The summed E-state index contributed by atoms with van der Waals surface area (Å²) in [6.45, 7) is 4.59. The van der Waals surface area contributed by atoms with Crippen molar-refractivity contribution < 1.29 is 9.53 Å². The van der Waals surface area contributed by atoms with Crippen LogP contribution >= 0.6 is 0 Å². The average Bonchev–Trinajstić information content (AvgIpc) is 3.42. The van der Waals surface area contributed by atoms with Gasteiger partial charge in [-0.15, -0.1) is 0 Å². The summed E-state index contributed by atoms with van der Waals surface area (Å²) in [6.07, 6.45) is 7.37. The van der Waals surface area contributed by atoms with Gasteiger partial charge in [0.1, 0.15) is 0 Å². The largest absolute Gasteiger partial charge is 0.366 e. The van der Waals surface area contributed by atoms with Gasteiger partial charge in [0.25, 0.3) is 5.56 Å². The summed E-state index contributed by atoms with van der Waals surface area (Å²) in [6, 6.07) is 1.88. The van der Waals surface area contributed by atoms with Crippen LogP contribution in [0.5, 0.6) is 0 Å². The van der Waals surface area contributed by atoms with E-state index in [0.29, 0.717) is 12.1 Å². The lowest BCUT2D eigenvalue weighted by molar-refractivity contribution is -0.137. The molecular weight excluding hydrogens is 344 g/mol. The Hall–Kier alpha value is -2.41. The standard InChI is InChI=1S/C20H24N4O3/c1-3-13-11(2)21-18-10-15(22-24(18)20(13)26)16-5-4-8-23(16)19(25)14-9-12-6-7-17(14)27-12/h6-7,10,12,14,16-17,22H,3-5,8-9H2,1-2H3/t12-,14-,16+,17-/m1/s1. The molecule has 27 heavy (non-hydrogen) atoms. The van der Waals surface area contributed by atoms with Gasteiger partial charge in [0.15, 0.2) is 5.65 Å². The Bertz CT molecular complexity index is 1000. The van der Waals surface area contributed by atoms with Crippen molar-refractivity contribution in [2.45, 2.75) is 57.8 Å². The third-order valence-electron chi connectivity index (χ3n) is 6.23. The molecule has 2 saturated heterocycles. The highest BCUT2D eigenvalue weighted by atomic mass is 16.5. The Labute approximate surface area is 157 Å². The van der Waals surface area contributed by atoms with Crippen LogP contribution in [0.25, 0.3) is 5.65 Å². The Morgan fingerprint density at radius 2 is 2.26 bits per heavy atom. The van der Waals surface area contributed by atoms with Gasteiger partial charge in [-0.05, 0) is 32.6 Å². The zero-order valence-corrected chi connectivity index (χ0v) is 15.6. The number of aryl methyl sites for hydroxylation is 1. The normalized spacial score (nSPS) is 29.3. The third kappa shape index (κ3) is 2.48. The molecule has 0 aliphatic carbocycles. The second kappa shape index (κ2) is 6.05. The topological polar surface area (TPSA) is 79.7 Å². The smallest absolute Gasteiger partial charge is 0.276 e. The minimum atomic E-state index is -0.0836. The van der Waals surface area contributed by atoms with Crippen molar-refractivity contribution in [3.05, 3.63) is 45.5 Å². The van der Waals surface area contributed by atoms with Gasteiger partial charge in [0.05, 0.1) is 29.9 Å². The molecule has 0 radical (unpaired) electrons. The lowest BCUT2D eigenvalue weighted by Crippen LogP contribution is -2.39. The number of amides is 1. The molecule has 5 heterocycles. The van der Waals surface area contributed by atoms with E-state index in [-0.39, 0.29) is 35.6 Å². The quantitative estimate of drug-likeness (QED) is 0.839. The number of nitrogens with zero attached hydrogens (tertiary/aromatic N) is 3. The summed E-state index contributed by atoms with van der Waals surface area (Å²) in [5, 5.41) is 3.22. The molecular formula is C20H24N4O3. The minimum Gasteiger partial charge on any atom is -0.366 e. The number of aromatic nitrogens is 3. The first-order chi connectivity index (χ1) is 13.1. The fraction of sp³-hybridized carbons (Fsp3) is 0.550. The second-order valence-electron chi connectivity index (χ2n) is 7.80. The number of fused-ring (bicyclic) bond motifs is 3. The maximum Gasteiger partial charge on any atom is 0.276 e. The lowest BCUT2D eigenvalue weighted by Gasteiger charge is -2.28. The maximum absolute atomic E-state index is 13.2. The fourth-order valence-electron chi connectivity index (χ4n) is 4.85. The van der Waals surface area contributed by atoms with Crippen LogP contribution < -0.4 is 5.56 Å². The molecule has 7 heteroatoms. The van der Waals surface area contributed by atoms with E-state index in [4.69, 9.17) is 4.74 Å². The summed E-state index contributed by atoms with van der Waals surface area (Å²) < 4.78 is 7.31. The van der Waals surface area contributed by atoms with Crippen LogP contribution in [-0.2, 0) is 16.0 Å². The van der Waals surface area contributed by atoms with Gasteiger partial charge < -0.3 is 9.64 Å². The summed E-state index contributed by atoms with van der Waals surface area (Å²) in [5.41, 5.74) is 2.96. The SMILES string of the molecule is CCc1c(C)nc2cc([C@@H]3CCCN3C(=O)[C@@H]3C[C@H]4C=C[C@H]3O4)[nH]n2c1=O. The Morgan fingerprint density at radius 3 is 2.96 bits per heavy atom. The van der Waals surface area contributed by atoms with Gasteiger partial charge in [-0.1, -0.05) is 19.1 Å². The fourth-order valence-corrected chi connectivity index (χ4v) is 4.85. The molecule has 2 bridgehead atoms. The van der Waals surface area contributed by atoms with Crippen molar-refractivity contribution in [2.24, 2.45) is 5.92 Å². The number of rotatable bonds is 3. The van der Waals surface area contributed by atoms with Crippen LogP contribution in [0.15, 0.2) is 23.0 Å². The number of carbonyl (C=O) groups is 1. The number of aromatic amines is 1. The molecule has 0 saturated carbocycles. The second-order valence-corrected chi connectivity index (χ2v) is 7.80. The Morgan fingerprint density at radius 1 is 1.41 bits per heavy atom. The number of ether oxygens (including phenoxy) is 1. The molecule has 1 N–H and O–H groups in total. The molecule has 0 spiro atoms. The van der Waals surface area contributed by atoms with Gasteiger partial charge in [-0.2, -0.15) is 0 Å². The number of hydrogen-bond donors (Lipinski definition) is 1. The number of carbonyl (C=O) groups excluding carboxylic acids is 1. The van der Waals surface area contributed by atoms with E-state index >= 15 is 0 Å². The van der Waals surface area contributed by atoms with Crippen LogP contribution in [0.3, 0.4) is 0 Å². The number of nitrogens with one attached hydrogen (secondary N) is 1. The highest BCUT2D eigenvalue weighted by Gasteiger charge is 2.45. The van der Waals surface area contributed by atoms with Crippen molar-refractivity contribution in [3.8, 4) is 0 Å². The molecule has 2 aromatic rings. The van der Waals surface area contributed by atoms with E-state index in [0.717, 1.165) is 42.8 Å². The Balaban J connectivity index is 1.48. The highest BCUT2D eigenvalue weighted by molar-refractivity contribution is 5.81. The van der Waals surface area contributed by atoms with Gasteiger partial charge >= 0.3 is 0 Å². The monoisotopic (exact) mass is 368 g/mol. The number of hydrogen-bond acceptors (Lipinski definition) is 4. The van der Waals surface area contributed by atoms with Crippen molar-refractivity contribution in [3.63, 3.8) is 0 Å². The van der Waals surface area contributed by atoms with Gasteiger partial charge in [0.2, 0.25) is 5.91 Å². The summed E-state index contributed by atoms with van der Waals surface area (Å²) in [5.74, 6) is 0.0819. The first-order valence-electron chi connectivity index (χ1n) is 9.82. The van der Waals surface area contributed by atoms with E-state index in [2.05, 4.69) is 16.2 Å². The Kier molecular flexibility index (Phi) is 3.75. The molecule has 3 aliphatic heterocycles. The molecule has 3 aliphatic rings. The first-order valence-corrected chi connectivity index (χ1v) is 9.82. The lowest BCUT2D eigenvalue weighted by atomic mass is 9.92. The van der Waals surface area contributed by atoms with Crippen molar-refractivity contribution in [1.29, 1.82) is 0 Å². The van der Waals surface area contributed by atoms with Crippen molar-refractivity contribution in [1.82, 2.24) is 19.5 Å².